The number of alkyl halides is 2. The molecule has 0 aromatic heterocycles. The van der Waals surface area contributed by atoms with Crippen LogP contribution in [0.5, 0.6) is 0 Å². The van der Waals surface area contributed by atoms with E-state index in [1.807, 2.05) is 0 Å². The van der Waals surface area contributed by atoms with Gasteiger partial charge >= 0.3 is 0 Å². The van der Waals surface area contributed by atoms with Crippen LogP contribution in [0, 0.1) is 10.1 Å². The van der Waals surface area contributed by atoms with Crippen LogP contribution in [0.15, 0.2) is 24.3 Å². The highest BCUT2D eigenvalue weighted by molar-refractivity contribution is 9.12. The van der Waals surface area contributed by atoms with Crippen LogP contribution in [-0.4, -0.2) is 27.8 Å². The first kappa shape index (κ1) is 15.4. The van der Waals surface area contributed by atoms with Crippen LogP contribution in [0.25, 0.3) is 0 Å². The van der Waals surface area contributed by atoms with Crippen molar-refractivity contribution in [1.82, 2.24) is 0 Å². The molecule has 0 saturated carbocycles. The minimum Gasteiger partial charge on any atom is -0.385 e. The minimum atomic E-state index is -3.82. The number of rotatable bonds is 4. The number of benzene rings is 1. The fourth-order valence-corrected chi connectivity index (χ4v) is 2.14. The van der Waals surface area contributed by atoms with E-state index in [9.17, 15) is 23.6 Å². The normalized spacial score (nSPS) is 16.9. The molecule has 2 atom stereocenters. The summed E-state index contributed by atoms with van der Waals surface area (Å²) in [6, 6.07) is 4.97. The third-order valence-corrected chi connectivity index (χ3v) is 6.67. The maximum Gasteiger partial charge on any atom is 0.269 e. The summed E-state index contributed by atoms with van der Waals surface area (Å²) in [5.74, 6) is 0. The monoisotopic (exact) mass is 357 g/mol. The second-order valence-corrected chi connectivity index (χ2v) is 8.83. The molecule has 0 amide bonds. The second kappa shape index (κ2) is 5.12. The minimum absolute atomic E-state index is 0.0292. The van der Waals surface area contributed by atoms with Gasteiger partial charge in [0.25, 0.3) is 5.69 Å². The van der Waals surface area contributed by atoms with E-state index in [4.69, 9.17) is 11.6 Å². The number of nitrogens with zero attached hydrogens (tertiary/aromatic N) is 1. The van der Waals surface area contributed by atoms with E-state index >= 15 is 0 Å². The lowest BCUT2D eigenvalue weighted by Gasteiger charge is -2.24. The van der Waals surface area contributed by atoms with Crippen molar-refractivity contribution in [3.8, 4) is 0 Å². The molecule has 100 valence electrons. The average molecular weight is 359 g/mol. The van der Waals surface area contributed by atoms with E-state index in [0.29, 0.717) is 0 Å². The lowest BCUT2D eigenvalue weighted by molar-refractivity contribution is -0.385. The van der Waals surface area contributed by atoms with Gasteiger partial charge < -0.3 is 5.11 Å². The molecule has 6 nitrogen and oxygen atoms in total. The number of hydrogen-bond acceptors (Lipinski definition) is 5. The first-order valence-corrected chi connectivity index (χ1v) is 7.63. The van der Waals surface area contributed by atoms with E-state index < -0.39 is 24.0 Å². The molecule has 0 saturated heterocycles. The molecule has 0 aliphatic rings. The number of hydrogen-bond donors (Lipinski definition) is 1. The Labute approximate surface area is 117 Å². The lowest BCUT2D eigenvalue weighted by Crippen LogP contribution is -2.32. The standard InChI is InChI=1S/C9H9BrClNO5S/c1-18(16,17)9(10,11)8(13)6-3-2-4-7(5-6)12(14)15/h2-5,8,13H,1H3/t8-,9+/m0/s1. The summed E-state index contributed by atoms with van der Waals surface area (Å²) in [5.41, 5.74) is -0.235. The van der Waals surface area contributed by atoms with Crippen molar-refractivity contribution < 1.29 is 18.4 Å². The molecule has 0 bridgehead atoms. The van der Waals surface area contributed by atoms with Crippen molar-refractivity contribution in [1.29, 1.82) is 0 Å². The number of sulfone groups is 1. The van der Waals surface area contributed by atoms with Crippen molar-refractivity contribution in [3.63, 3.8) is 0 Å². The van der Waals surface area contributed by atoms with Crippen molar-refractivity contribution in [3.05, 3.63) is 39.9 Å². The van der Waals surface area contributed by atoms with E-state index in [2.05, 4.69) is 15.9 Å². The highest BCUT2D eigenvalue weighted by Crippen LogP contribution is 2.42. The molecule has 9 heteroatoms. The Balaban J connectivity index is 3.23. The number of aliphatic hydroxyl groups is 1. The molecular formula is C9H9BrClNO5S. The molecule has 1 aromatic rings. The van der Waals surface area contributed by atoms with Crippen molar-refractivity contribution in [2.45, 2.75) is 9.22 Å². The van der Waals surface area contributed by atoms with E-state index in [-0.39, 0.29) is 11.3 Å². The van der Waals surface area contributed by atoms with Crippen LogP contribution < -0.4 is 0 Å². The van der Waals surface area contributed by atoms with Crippen molar-refractivity contribution >= 4 is 43.1 Å². The van der Waals surface area contributed by atoms with Gasteiger partial charge in [-0.2, -0.15) is 0 Å². The molecule has 0 fully saturated rings. The third kappa shape index (κ3) is 3.00. The SMILES string of the molecule is CS(=O)(=O)[C@@](Cl)(Br)[C@@H](O)c1cccc([N+](=O)[O-])c1. The molecule has 0 heterocycles. The molecule has 1 rings (SSSR count). The number of non-ortho nitro benzene ring substituents is 1. The fourth-order valence-electron chi connectivity index (χ4n) is 1.21. The zero-order valence-corrected chi connectivity index (χ0v) is 12.2. The highest BCUT2D eigenvalue weighted by atomic mass is 79.9. The van der Waals surface area contributed by atoms with Gasteiger partial charge in [0.15, 0.2) is 9.84 Å². The largest absolute Gasteiger partial charge is 0.385 e. The van der Waals surface area contributed by atoms with Gasteiger partial charge in [-0.25, -0.2) is 8.42 Å². The molecular weight excluding hydrogens is 350 g/mol. The Bertz CT molecular complexity index is 574. The third-order valence-electron chi connectivity index (χ3n) is 2.21. The Morgan fingerprint density at radius 1 is 1.56 bits per heavy atom. The summed E-state index contributed by atoms with van der Waals surface area (Å²) in [4.78, 5) is 9.93. The zero-order chi connectivity index (χ0) is 14.1. The maximum absolute atomic E-state index is 11.4. The van der Waals surface area contributed by atoms with E-state index in [1.165, 1.54) is 18.2 Å². The summed E-state index contributed by atoms with van der Waals surface area (Å²) in [6.07, 6.45) is -0.802. The van der Waals surface area contributed by atoms with E-state index in [0.717, 1.165) is 12.3 Å². The Kier molecular flexibility index (Phi) is 4.37. The molecule has 0 spiro atoms. The van der Waals surface area contributed by atoms with Crippen LogP contribution in [0.4, 0.5) is 5.69 Å². The highest BCUT2D eigenvalue weighted by Gasteiger charge is 2.44. The van der Waals surface area contributed by atoms with Crippen LogP contribution in [0.3, 0.4) is 0 Å². The predicted molar refractivity (Wildman–Crippen MR) is 70.4 cm³/mol. The molecule has 1 aromatic carbocycles. The van der Waals surface area contributed by atoms with Crippen LogP contribution in [0.2, 0.25) is 0 Å². The summed E-state index contributed by atoms with van der Waals surface area (Å²) in [6.45, 7) is 0. The van der Waals surface area contributed by atoms with E-state index in [1.54, 1.807) is 0 Å². The Hall–Kier alpha value is -0.700. The maximum atomic E-state index is 11.4. The van der Waals surface area contributed by atoms with Crippen molar-refractivity contribution in [2.75, 3.05) is 6.26 Å². The van der Waals surface area contributed by atoms with Gasteiger partial charge in [0.1, 0.15) is 6.10 Å². The summed E-state index contributed by atoms with van der Waals surface area (Å²) in [5, 5.41) is 20.5. The molecule has 0 aliphatic carbocycles. The van der Waals surface area contributed by atoms with Crippen LogP contribution in [0.1, 0.15) is 11.7 Å². The number of aliphatic hydroxyl groups excluding tert-OH is 1. The fraction of sp³-hybridized carbons (Fsp3) is 0.333. The van der Waals surface area contributed by atoms with Crippen LogP contribution >= 0.6 is 27.5 Å². The van der Waals surface area contributed by atoms with Gasteiger partial charge in [0, 0.05) is 18.4 Å². The topological polar surface area (TPSA) is 97.5 Å². The van der Waals surface area contributed by atoms with Gasteiger partial charge in [-0.15, -0.1) is 0 Å². The molecule has 0 aliphatic heterocycles. The Morgan fingerprint density at radius 2 is 2.11 bits per heavy atom. The number of nitro groups is 1. The quantitative estimate of drug-likeness (QED) is 0.504. The summed E-state index contributed by atoms with van der Waals surface area (Å²) >= 11 is 8.46. The van der Waals surface area contributed by atoms with Crippen LogP contribution in [-0.2, 0) is 9.84 Å². The predicted octanol–water partition coefficient (Wildman–Crippen LogP) is 1.96. The molecule has 1 N–H and O–H groups in total. The van der Waals surface area contributed by atoms with Gasteiger partial charge in [0.2, 0.25) is 3.12 Å². The summed E-state index contributed by atoms with van der Waals surface area (Å²) < 4.78 is 20.7. The van der Waals surface area contributed by atoms with Gasteiger partial charge in [0.05, 0.1) is 4.92 Å². The Morgan fingerprint density at radius 3 is 2.56 bits per heavy atom. The first-order valence-electron chi connectivity index (χ1n) is 4.57. The van der Waals surface area contributed by atoms with Gasteiger partial charge in [-0.3, -0.25) is 10.1 Å². The molecule has 0 radical (unpaired) electrons. The second-order valence-electron chi connectivity index (χ2n) is 3.59. The van der Waals surface area contributed by atoms with Gasteiger partial charge in [-0.05, 0) is 21.5 Å². The smallest absolute Gasteiger partial charge is 0.269 e. The van der Waals surface area contributed by atoms with Crippen molar-refractivity contribution in [2.24, 2.45) is 0 Å². The molecule has 18 heavy (non-hydrogen) atoms. The summed E-state index contributed by atoms with van der Waals surface area (Å²) in [7, 11) is -3.82. The average Bonchev–Trinajstić information content (AvgIpc) is 2.26. The molecule has 0 unspecified atom stereocenters. The lowest BCUT2D eigenvalue weighted by atomic mass is 10.1. The number of halogens is 2. The van der Waals surface area contributed by atoms with Gasteiger partial charge in [-0.1, -0.05) is 23.7 Å². The zero-order valence-electron chi connectivity index (χ0n) is 9.08. The first-order chi connectivity index (χ1) is 8.07. The number of nitro benzene ring substituents is 1.